The Hall–Kier alpha value is -1.88. The Morgan fingerprint density at radius 3 is 2.32 bits per heavy atom. The summed E-state index contributed by atoms with van der Waals surface area (Å²) in [6.45, 7) is 8.19. The third kappa shape index (κ3) is 3.30. The fourth-order valence-corrected chi connectivity index (χ4v) is 2.70. The van der Waals surface area contributed by atoms with Crippen LogP contribution in [-0.2, 0) is 15.1 Å². The summed E-state index contributed by atoms with van der Waals surface area (Å²) in [6.07, 6.45) is 0.327. The molecular weight excluding hydrogens is 278 g/mol. The molecule has 0 aromatic heterocycles. The molecule has 0 radical (unpaired) electrons. The first-order valence-corrected chi connectivity index (χ1v) is 7.58. The summed E-state index contributed by atoms with van der Waals surface area (Å²) in [5.74, 6) is -0.191. The topological polar surface area (TPSA) is 75.4 Å². The van der Waals surface area contributed by atoms with Crippen molar-refractivity contribution in [3.8, 4) is 0 Å². The van der Waals surface area contributed by atoms with Gasteiger partial charge in [-0.25, -0.2) is 0 Å². The third-order valence-corrected chi connectivity index (χ3v) is 4.12. The van der Waals surface area contributed by atoms with E-state index in [2.05, 4.69) is 5.32 Å². The van der Waals surface area contributed by atoms with E-state index in [0.29, 0.717) is 13.0 Å². The lowest BCUT2D eigenvalue weighted by Gasteiger charge is -2.32. The monoisotopic (exact) mass is 303 g/mol. The van der Waals surface area contributed by atoms with Gasteiger partial charge >= 0.3 is 0 Å². The average molecular weight is 303 g/mol. The van der Waals surface area contributed by atoms with Gasteiger partial charge in [0.15, 0.2) is 0 Å². The molecule has 0 spiro atoms. The highest BCUT2D eigenvalue weighted by atomic mass is 16.2. The standard InChI is InChI=1S/C17H25N3O2/c1-16(2,3)20-11-13(10-14(20)21)19-15(22)17(4,18)12-8-6-5-7-9-12/h5-9,13H,10-11,18H2,1-4H3,(H,19,22). The minimum Gasteiger partial charge on any atom is -0.349 e. The molecule has 1 saturated heterocycles. The second kappa shape index (κ2) is 5.72. The van der Waals surface area contributed by atoms with E-state index in [9.17, 15) is 9.59 Å². The Morgan fingerprint density at radius 2 is 1.82 bits per heavy atom. The number of hydrogen-bond donors (Lipinski definition) is 2. The van der Waals surface area contributed by atoms with Gasteiger partial charge < -0.3 is 16.0 Å². The van der Waals surface area contributed by atoms with E-state index in [-0.39, 0.29) is 23.4 Å². The van der Waals surface area contributed by atoms with Gasteiger partial charge in [0.05, 0.1) is 6.04 Å². The Morgan fingerprint density at radius 1 is 1.23 bits per heavy atom. The quantitative estimate of drug-likeness (QED) is 0.885. The van der Waals surface area contributed by atoms with Gasteiger partial charge in [0.1, 0.15) is 5.54 Å². The second-order valence-electron chi connectivity index (χ2n) is 7.12. The van der Waals surface area contributed by atoms with Gasteiger partial charge in [-0.05, 0) is 33.3 Å². The minimum absolute atomic E-state index is 0.0660. The van der Waals surface area contributed by atoms with Crippen molar-refractivity contribution < 1.29 is 9.59 Å². The average Bonchev–Trinajstić information content (AvgIpc) is 2.80. The maximum Gasteiger partial charge on any atom is 0.244 e. The van der Waals surface area contributed by atoms with Crippen LogP contribution in [0.4, 0.5) is 0 Å². The molecule has 1 aromatic rings. The molecule has 1 fully saturated rings. The summed E-state index contributed by atoms with van der Waals surface area (Å²) in [4.78, 5) is 26.4. The number of nitrogens with zero attached hydrogens (tertiary/aromatic N) is 1. The maximum atomic E-state index is 12.5. The van der Waals surface area contributed by atoms with E-state index in [1.807, 2.05) is 51.1 Å². The molecule has 0 saturated carbocycles. The summed E-state index contributed by atoms with van der Waals surface area (Å²) in [7, 11) is 0. The number of hydrogen-bond acceptors (Lipinski definition) is 3. The van der Waals surface area contributed by atoms with Crippen molar-refractivity contribution in [1.29, 1.82) is 0 Å². The number of nitrogens with one attached hydrogen (secondary N) is 1. The predicted octanol–water partition coefficient (Wildman–Crippen LogP) is 1.38. The molecule has 1 aromatic carbocycles. The highest BCUT2D eigenvalue weighted by Gasteiger charge is 2.39. The van der Waals surface area contributed by atoms with Crippen LogP contribution in [0.25, 0.3) is 0 Å². The Bertz CT molecular complexity index is 561. The summed E-state index contributed by atoms with van der Waals surface area (Å²) < 4.78 is 0. The van der Waals surface area contributed by atoms with E-state index >= 15 is 0 Å². The van der Waals surface area contributed by atoms with Gasteiger partial charge in [-0.15, -0.1) is 0 Å². The van der Waals surface area contributed by atoms with Crippen molar-refractivity contribution >= 4 is 11.8 Å². The zero-order valence-corrected chi connectivity index (χ0v) is 13.7. The highest BCUT2D eigenvalue weighted by molar-refractivity contribution is 5.88. The summed E-state index contributed by atoms with van der Waals surface area (Å²) in [5.41, 5.74) is 5.61. The second-order valence-corrected chi connectivity index (χ2v) is 7.12. The van der Waals surface area contributed by atoms with Crippen molar-refractivity contribution in [2.24, 2.45) is 5.73 Å². The number of benzene rings is 1. The lowest BCUT2D eigenvalue weighted by Crippen LogP contribution is -2.53. The SMILES string of the molecule is CC(N)(C(=O)NC1CC(=O)N(C(C)(C)C)C1)c1ccccc1. The molecule has 2 atom stereocenters. The van der Waals surface area contributed by atoms with Crippen LogP contribution in [0.15, 0.2) is 30.3 Å². The minimum atomic E-state index is -1.11. The smallest absolute Gasteiger partial charge is 0.244 e. The number of amides is 2. The molecule has 2 amide bonds. The normalized spacial score (nSPS) is 21.6. The largest absolute Gasteiger partial charge is 0.349 e. The van der Waals surface area contributed by atoms with Gasteiger partial charge in [0.25, 0.3) is 0 Å². The van der Waals surface area contributed by atoms with Crippen molar-refractivity contribution in [3.63, 3.8) is 0 Å². The van der Waals surface area contributed by atoms with Crippen molar-refractivity contribution in [2.75, 3.05) is 6.54 Å². The van der Waals surface area contributed by atoms with Gasteiger partial charge in [-0.2, -0.15) is 0 Å². The van der Waals surface area contributed by atoms with E-state index in [4.69, 9.17) is 5.73 Å². The number of rotatable bonds is 3. The zero-order valence-electron chi connectivity index (χ0n) is 13.7. The lowest BCUT2D eigenvalue weighted by molar-refractivity contribution is -0.131. The van der Waals surface area contributed by atoms with E-state index < -0.39 is 5.54 Å². The first-order valence-electron chi connectivity index (χ1n) is 7.58. The van der Waals surface area contributed by atoms with Crippen LogP contribution in [0.2, 0.25) is 0 Å². The van der Waals surface area contributed by atoms with E-state index in [1.54, 1.807) is 11.8 Å². The predicted molar refractivity (Wildman–Crippen MR) is 86.0 cm³/mol. The van der Waals surface area contributed by atoms with Crippen LogP contribution in [0.3, 0.4) is 0 Å². The number of nitrogens with two attached hydrogens (primary N) is 1. The molecule has 2 unspecified atom stereocenters. The molecular formula is C17H25N3O2. The molecule has 5 heteroatoms. The molecule has 1 heterocycles. The van der Waals surface area contributed by atoms with Crippen LogP contribution in [0.5, 0.6) is 0 Å². The highest BCUT2D eigenvalue weighted by Crippen LogP contribution is 2.23. The van der Waals surface area contributed by atoms with Crippen LogP contribution in [0, 0.1) is 0 Å². The van der Waals surface area contributed by atoms with Gasteiger partial charge in [-0.3, -0.25) is 9.59 Å². The van der Waals surface area contributed by atoms with Crippen LogP contribution >= 0.6 is 0 Å². The fourth-order valence-electron chi connectivity index (χ4n) is 2.70. The van der Waals surface area contributed by atoms with Crippen molar-refractivity contribution in [1.82, 2.24) is 10.2 Å². The first kappa shape index (κ1) is 16.5. The summed E-state index contributed by atoms with van der Waals surface area (Å²) in [5, 5.41) is 2.92. The fraction of sp³-hybridized carbons (Fsp3) is 0.529. The van der Waals surface area contributed by atoms with Gasteiger partial charge in [-0.1, -0.05) is 30.3 Å². The van der Waals surface area contributed by atoms with Crippen molar-refractivity contribution in [3.05, 3.63) is 35.9 Å². The Kier molecular flexibility index (Phi) is 4.29. The van der Waals surface area contributed by atoms with Gasteiger partial charge in [0, 0.05) is 18.5 Å². The molecule has 1 aliphatic heterocycles. The zero-order chi connectivity index (χ0) is 16.5. The maximum absolute atomic E-state index is 12.5. The van der Waals surface area contributed by atoms with Crippen LogP contribution in [-0.4, -0.2) is 34.8 Å². The van der Waals surface area contributed by atoms with Gasteiger partial charge in [0.2, 0.25) is 11.8 Å². The van der Waals surface area contributed by atoms with Crippen LogP contribution < -0.4 is 11.1 Å². The van der Waals surface area contributed by atoms with E-state index in [1.165, 1.54) is 0 Å². The third-order valence-electron chi connectivity index (χ3n) is 4.12. The summed E-state index contributed by atoms with van der Waals surface area (Å²) in [6, 6.07) is 9.07. The van der Waals surface area contributed by atoms with E-state index in [0.717, 1.165) is 5.56 Å². The Labute approximate surface area is 131 Å². The molecule has 120 valence electrons. The molecule has 22 heavy (non-hydrogen) atoms. The lowest BCUT2D eigenvalue weighted by atomic mass is 9.92. The molecule has 3 N–H and O–H groups in total. The molecule has 0 bridgehead atoms. The number of likely N-dealkylation sites (tertiary alicyclic amines) is 1. The van der Waals surface area contributed by atoms with Crippen LogP contribution in [0.1, 0.15) is 39.7 Å². The molecule has 2 rings (SSSR count). The van der Waals surface area contributed by atoms with Crippen molar-refractivity contribution in [2.45, 2.75) is 51.2 Å². The molecule has 1 aliphatic rings. The molecule has 0 aliphatic carbocycles. The first-order chi connectivity index (χ1) is 10.1. The number of carbonyl (C=O) groups is 2. The summed E-state index contributed by atoms with van der Waals surface area (Å²) >= 11 is 0. The number of carbonyl (C=O) groups excluding carboxylic acids is 2. The molecule has 5 nitrogen and oxygen atoms in total. The Balaban J connectivity index is 2.06.